The average Bonchev–Trinajstić information content (AvgIpc) is 2.88. The highest BCUT2D eigenvalue weighted by molar-refractivity contribution is 5.33. The van der Waals surface area contributed by atoms with Crippen LogP contribution in [0.4, 0.5) is 13.2 Å². The summed E-state index contributed by atoms with van der Waals surface area (Å²) < 4.78 is 39.7. The van der Waals surface area contributed by atoms with Crippen molar-refractivity contribution in [2.45, 2.75) is 31.3 Å². The van der Waals surface area contributed by atoms with Crippen molar-refractivity contribution in [1.82, 2.24) is 14.9 Å². The normalized spacial score (nSPS) is 22.4. The Kier molecular flexibility index (Phi) is 4.32. The van der Waals surface area contributed by atoms with E-state index >= 15 is 0 Å². The molecule has 1 aromatic heterocycles. The van der Waals surface area contributed by atoms with Gasteiger partial charge in [-0.25, -0.2) is 9.97 Å². The lowest BCUT2D eigenvalue weighted by atomic mass is 9.97. The van der Waals surface area contributed by atoms with E-state index in [-0.39, 0.29) is 12.0 Å². The molecule has 0 spiro atoms. The number of alkyl halides is 3. The fraction of sp³-hybridized carbons (Fsp3) is 0.375. The number of benzene rings is 1. The largest absolute Gasteiger partial charge is 0.416 e. The molecule has 0 amide bonds. The monoisotopic (exact) mass is 323 g/mol. The molecule has 0 aliphatic carbocycles. The summed E-state index contributed by atoms with van der Waals surface area (Å²) in [7, 11) is 0. The number of β-amino-alcohol motifs (C(OH)–C–C–N with tert-alkyl or cyclic N) is 1. The van der Waals surface area contributed by atoms with Crippen LogP contribution in [0.2, 0.25) is 0 Å². The summed E-state index contributed by atoms with van der Waals surface area (Å²) in [6, 6.07) is 6.70. The van der Waals surface area contributed by atoms with Gasteiger partial charge in [-0.3, -0.25) is 4.90 Å². The number of aliphatic hydroxyl groups excluding tert-OH is 1. The van der Waals surface area contributed by atoms with Crippen molar-refractivity contribution in [3.8, 4) is 0 Å². The Hall–Kier alpha value is -1.99. The first-order valence-electron chi connectivity index (χ1n) is 7.29. The third kappa shape index (κ3) is 3.51. The Morgan fingerprint density at radius 2 is 1.83 bits per heavy atom. The maximum atomic E-state index is 13.2. The minimum Gasteiger partial charge on any atom is -0.392 e. The lowest BCUT2D eigenvalue weighted by molar-refractivity contribution is -0.138. The Labute approximate surface area is 131 Å². The average molecular weight is 323 g/mol. The van der Waals surface area contributed by atoms with Gasteiger partial charge in [0, 0.05) is 25.0 Å². The third-order valence-electron chi connectivity index (χ3n) is 3.97. The quantitative estimate of drug-likeness (QED) is 0.944. The van der Waals surface area contributed by atoms with Crippen molar-refractivity contribution in [2.75, 3.05) is 6.54 Å². The first-order valence-corrected chi connectivity index (χ1v) is 7.29. The molecule has 7 heteroatoms. The molecule has 2 aromatic rings. The van der Waals surface area contributed by atoms with Crippen molar-refractivity contribution in [2.24, 2.45) is 0 Å². The van der Waals surface area contributed by atoms with Crippen LogP contribution in [0.1, 0.15) is 29.4 Å². The van der Waals surface area contributed by atoms with Crippen LogP contribution in [0.5, 0.6) is 0 Å². The number of nitrogens with zero attached hydrogens (tertiary/aromatic N) is 3. The van der Waals surface area contributed by atoms with Gasteiger partial charge in [0.05, 0.1) is 18.2 Å². The van der Waals surface area contributed by atoms with Crippen LogP contribution in [-0.2, 0) is 12.7 Å². The summed E-state index contributed by atoms with van der Waals surface area (Å²) in [5.41, 5.74) is -0.467. The van der Waals surface area contributed by atoms with Gasteiger partial charge in [0.1, 0.15) is 5.82 Å². The fourth-order valence-electron chi connectivity index (χ4n) is 3.02. The molecule has 1 fully saturated rings. The SMILES string of the molecule is O[C@@H]1C[C@@H](c2ccccc2C(F)(F)F)N(Cc2ncccn2)C1. The zero-order chi connectivity index (χ0) is 16.4. The first-order chi connectivity index (χ1) is 10.9. The smallest absolute Gasteiger partial charge is 0.392 e. The van der Waals surface area contributed by atoms with E-state index in [0.717, 1.165) is 6.07 Å². The number of rotatable bonds is 3. The Bertz CT molecular complexity index is 663. The number of hydrogen-bond acceptors (Lipinski definition) is 4. The van der Waals surface area contributed by atoms with Crippen molar-refractivity contribution < 1.29 is 18.3 Å². The van der Waals surface area contributed by atoms with Crippen LogP contribution in [0, 0.1) is 0 Å². The third-order valence-corrected chi connectivity index (χ3v) is 3.97. The van der Waals surface area contributed by atoms with Gasteiger partial charge < -0.3 is 5.11 Å². The number of likely N-dealkylation sites (tertiary alicyclic amines) is 1. The van der Waals surface area contributed by atoms with Crippen molar-refractivity contribution in [1.29, 1.82) is 0 Å². The van der Waals surface area contributed by atoms with E-state index in [9.17, 15) is 18.3 Å². The highest BCUT2D eigenvalue weighted by atomic mass is 19.4. The molecular weight excluding hydrogens is 307 g/mol. The van der Waals surface area contributed by atoms with Gasteiger partial charge in [-0.1, -0.05) is 18.2 Å². The van der Waals surface area contributed by atoms with Crippen LogP contribution in [-0.4, -0.2) is 32.6 Å². The van der Waals surface area contributed by atoms with Crippen LogP contribution in [0.15, 0.2) is 42.7 Å². The predicted octanol–water partition coefficient (Wildman–Crippen LogP) is 2.80. The maximum absolute atomic E-state index is 13.2. The molecule has 122 valence electrons. The zero-order valence-electron chi connectivity index (χ0n) is 12.2. The Morgan fingerprint density at radius 3 is 2.52 bits per heavy atom. The first kappa shape index (κ1) is 15.9. The summed E-state index contributed by atoms with van der Waals surface area (Å²) in [6.45, 7) is 0.601. The topological polar surface area (TPSA) is 49.2 Å². The van der Waals surface area contributed by atoms with Crippen molar-refractivity contribution >= 4 is 0 Å². The van der Waals surface area contributed by atoms with Gasteiger partial charge in [0.15, 0.2) is 0 Å². The lowest BCUT2D eigenvalue weighted by Crippen LogP contribution is -2.26. The number of aromatic nitrogens is 2. The number of aliphatic hydroxyl groups is 1. The van der Waals surface area contributed by atoms with Gasteiger partial charge >= 0.3 is 6.18 Å². The molecule has 1 aromatic carbocycles. The standard InChI is InChI=1S/C16H16F3N3O/c17-16(18,19)13-5-2-1-4-12(13)14-8-11(23)9-22(14)10-15-20-6-3-7-21-15/h1-7,11,14,23H,8-10H2/t11-,14+/m1/s1. The number of hydrogen-bond donors (Lipinski definition) is 1. The van der Waals surface area contributed by atoms with E-state index in [1.165, 1.54) is 12.1 Å². The molecule has 2 heterocycles. The van der Waals surface area contributed by atoms with Crippen LogP contribution in [0.25, 0.3) is 0 Å². The zero-order valence-corrected chi connectivity index (χ0v) is 12.2. The summed E-state index contributed by atoms with van der Waals surface area (Å²) in [5.74, 6) is 0.524. The highest BCUT2D eigenvalue weighted by Gasteiger charge is 2.39. The molecule has 1 aliphatic rings. The van der Waals surface area contributed by atoms with E-state index in [4.69, 9.17) is 0 Å². The molecule has 2 atom stereocenters. The summed E-state index contributed by atoms with van der Waals surface area (Å²) in [6.07, 6.45) is -1.63. The molecule has 3 rings (SSSR count). The Balaban J connectivity index is 1.91. The van der Waals surface area contributed by atoms with Crippen LogP contribution < -0.4 is 0 Å². The molecule has 23 heavy (non-hydrogen) atoms. The summed E-state index contributed by atoms with van der Waals surface area (Å²) in [5, 5.41) is 9.94. The summed E-state index contributed by atoms with van der Waals surface area (Å²) >= 11 is 0. The van der Waals surface area contributed by atoms with E-state index in [1.807, 2.05) is 0 Å². The molecule has 1 N–H and O–H groups in total. The number of halogens is 3. The minimum absolute atomic E-state index is 0.187. The van der Waals surface area contributed by atoms with E-state index < -0.39 is 23.9 Å². The van der Waals surface area contributed by atoms with Gasteiger partial charge in [-0.2, -0.15) is 13.2 Å². The molecule has 0 bridgehead atoms. The molecule has 1 saturated heterocycles. The molecule has 0 unspecified atom stereocenters. The second-order valence-corrected chi connectivity index (χ2v) is 5.58. The highest BCUT2D eigenvalue weighted by Crippen LogP contribution is 2.40. The second kappa shape index (κ2) is 6.25. The van der Waals surface area contributed by atoms with Gasteiger partial charge in [0.2, 0.25) is 0 Å². The fourth-order valence-corrected chi connectivity index (χ4v) is 3.02. The van der Waals surface area contributed by atoms with Crippen molar-refractivity contribution in [3.63, 3.8) is 0 Å². The van der Waals surface area contributed by atoms with E-state index in [2.05, 4.69) is 9.97 Å². The van der Waals surface area contributed by atoms with Gasteiger partial charge in [-0.15, -0.1) is 0 Å². The molecule has 0 saturated carbocycles. The molecule has 1 aliphatic heterocycles. The molecular formula is C16H16F3N3O. The van der Waals surface area contributed by atoms with E-state index in [1.54, 1.807) is 29.4 Å². The predicted molar refractivity (Wildman–Crippen MR) is 77.3 cm³/mol. The van der Waals surface area contributed by atoms with Gasteiger partial charge in [0.25, 0.3) is 0 Å². The van der Waals surface area contributed by atoms with Crippen molar-refractivity contribution in [3.05, 3.63) is 59.7 Å². The Morgan fingerprint density at radius 1 is 1.13 bits per heavy atom. The lowest BCUT2D eigenvalue weighted by Gasteiger charge is -2.26. The summed E-state index contributed by atoms with van der Waals surface area (Å²) in [4.78, 5) is 10.0. The molecule has 4 nitrogen and oxygen atoms in total. The second-order valence-electron chi connectivity index (χ2n) is 5.58. The van der Waals surface area contributed by atoms with Crippen LogP contribution in [0.3, 0.4) is 0 Å². The van der Waals surface area contributed by atoms with Gasteiger partial charge in [-0.05, 0) is 24.1 Å². The van der Waals surface area contributed by atoms with E-state index in [0.29, 0.717) is 18.9 Å². The molecule has 0 radical (unpaired) electrons. The van der Waals surface area contributed by atoms with Crippen LogP contribution >= 0.6 is 0 Å². The minimum atomic E-state index is -4.42. The maximum Gasteiger partial charge on any atom is 0.416 e.